The van der Waals surface area contributed by atoms with Crippen LogP contribution >= 0.6 is 11.6 Å². The van der Waals surface area contributed by atoms with Crippen molar-refractivity contribution < 1.29 is 17.6 Å². The highest BCUT2D eigenvalue weighted by molar-refractivity contribution is 7.89. The van der Waals surface area contributed by atoms with Gasteiger partial charge in [-0.3, -0.25) is 4.79 Å². The minimum Gasteiger partial charge on any atom is -0.337 e. The Kier molecular flexibility index (Phi) is 6.75. The van der Waals surface area contributed by atoms with Crippen LogP contribution in [0.2, 0.25) is 5.02 Å². The molecule has 8 heteroatoms. The van der Waals surface area contributed by atoms with Gasteiger partial charge in [-0.2, -0.15) is 0 Å². The first-order chi connectivity index (χ1) is 12.2. The maximum Gasteiger partial charge on any atom is 0.240 e. The summed E-state index contributed by atoms with van der Waals surface area (Å²) in [4.78, 5) is 13.3. The second kappa shape index (κ2) is 8.62. The van der Waals surface area contributed by atoms with Crippen molar-refractivity contribution in [3.63, 3.8) is 0 Å². The number of benzene rings is 2. The van der Waals surface area contributed by atoms with Gasteiger partial charge in [-0.1, -0.05) is 29.8 Å². The molecule has 0 bridgehead atoms. The van der Waals surface area contributed by atoms with Crippen molar-refractivity contribution in [2.75, 3.05) is 13.1 Å². The summed E-state index contributed by atoms with van der Waals surface area (Å²) in [5.41, 5.74) is 1.03. The number of nitrogens with one attached hydrogen (secondary N) is 1. The van der Waals surface area contributed by atoms with E-state index < -0.39 is 15.8 Å². The minimum absolute atomic E-state index is 0.0119. The first-order valence-corrected chi connectivity index (χ1v) is 9.81. The minimum atomic E-state index is -3.72. The molecule has 0 unspecified atom stereocenters. The number of carbonyl (C=O) groups excluding carboxylic acids is 1. The number of rotatable bonds is 7. The molecule has 0 saturated heterocycles. The Bertz CT molecular complexity index is 903. The van der Waals surface area contributed by atoms with Crippen molar-refractivity contribution in [1.82, 2.24) is 9.62 Å². The van der Waals surface area contributed by atoms with Gasteiger partial charge in [0.25, 0.3) is 0 Å². The number of carbonyl (C=O) groups is 1. The summed E-state index contributed by atoms with van der Waals surface area (Å²) in [6.07, 6.45) is 0. The van der Waals surface area contributed by atoms with Crippen LogP contribution in [0.5, 0.6) is 0 Å². The predicted molar refractivity (Wildman–Crippen MR) is 98.9 cm³/mol. The molecule has 0 saturated carbocycles. The van der Waals surface area contributed by atoms with E-state index in [0.29, 0.717) is 16.1 Å². The van der Waals surface area contributed by atoms with E-state index in [1.165, 1.54) is 36.1 Å². The third-order valence-electron chi connectivity index (χ3n) is 3.88. The van der Waals surface area contributed by atoms with E-state index in [2.05, 4.69) is 4.72 Å². The number of halogens is 2. The fourth-order valence-corrected chi connectivity index (χ4v) is 3.59. The van der Waals surface area contributed by atoms with Crippen LogP contribution in [0, 0.1) is 12.7 Å². The highest BCUT2D eigenvalue weighted by Gasteiger charge is 2.17. The molecular formula is C18H20ClFN2O3S. The lowest BCUT2D eigenvalue weighted by Gasteiger charge is -2.21. The highest BCUT2D eigenvalue weighted by atomic mass is 35.5. The summed E-state index contributed by atoms with van der Waals surface area (Å²) < 4.78 is 40.9. The number of aryl methyl sites for hydroxylation is 1. The summed E-state index contributed by atoms with van der Waals surface area (Å²) in [5, 5.41) is 0.483. The van der Waals surface area contributed by atoms with E-state index in [0.717, 1.165) is 0 Å². The monoisotopic (exact) mass is 398 g/mol. The van der Waals surface area contributed by atoms with Crippen molar-refractivity contribution in [2.45, 2.75) is 25.3 Å². The van der Waals surface area contributed by atoms with E-state index in [9.17, 15) is 17.6 Å². The van der Waals surface area contributed by atoms with Gasteiger partial charge in [-0.25, -0.2) is 17.5 Å². The number of hydrogen-bond donors (Lipinski definition) is 1. The molecular weight excluding hydrogens is 379 g/mol. The average Bonchev–Trinajstić information content (AvgIpc) is 2.57. The standard InChI is InChI=1S/C18H20ClFN2O3S/c1-13-11-16(7-8-17(13)19)26(24,25)21-9-10-22(14(2)23)12-15-5-3-4-6-18(15)20/h3-8,11,21H,9-10,12H2,1-2H3. The fraction of sp³-hybridized carbons (Fsp3) is 0.278. The Morgan fingerprint density at radius 3 is 2.54 bits per heavy atom. The van der Waals surface area contributed by atoms with Crippen LogP contribution in [0.4, 0.5) is 4.39 Å². The van der Waals surface area contributed by atoms with E-state index in [-0.39, 0.29) is 30.4 Å². The molecule has 0 aromatic heterocycles. The molecule has 1 amide bonds. The number of hydrogen-bond acceptors (Lipinski definition) is 3. The molecule has 0 atom stereocenters. The SMILES string of the molecule is CC(=O)N(CCNS(=O)(=O)c1ccc(Cl)c(C)c1)Cc1ccccc1F. The van der Waals surface area contributed by atoms with Crippen LogP contribution in [0.25, 0.3) is 0 Å². The van der Waals surface area contributed by atoms with Crippen LogP contribution in [0.15, 0.2) is 47.4 Å². The third kappa shape index (κ3) is 5.27. The number of nitrogens with zero attached hydrogens (tertiary/aromatic N) is 1. The molecule has 0 heterocycles. The molecule has 2 aromatic carbocycles. The second-order valence-electron chi connectivity index (χ2n) is 5.84. The molecule has 2 rings (SSSR count). The molecule has 2 aromatic rings. The summed E-state index contributed by atoms with van der Waals surface area (Å²) in [5.74, 6) is -0.675. The van der Waals surface area contributed by atoms with Crippen molar-refractivity contribution in [3.8, 4) is 0 Å². The molecule has 1 N–H and O–H groups in total. The topological polar surface area (TPSA) is 66.5 Å². The molecule has 140 valence electrons. The zero-order valence-corrected chi connectivity index (χ0v) is 16.1. The van der Waals surface area contributed by atoms with Gasteiger partial charge in [-0.15, -0.1) is 0 Å². The first kappa shape index (κ1) is 20.4. The Morgan fingerprint density at radius 2 is 1.92 bits per heavy atom. The summed E-state index contributed by atoms with van der Waals surface area (Å²) >= 11 is 5.91. The zero-order valence-electron chi connectivity index (χ0n) is 14.5. The third-order valence-corrected chi connectivity index (χ3v) is 5.76. The quantitative estimate of drug-likeness (QED) is 0.779. The van der Waals surface area contributed by atoms with E-state index in [4.69, 9.17) is 11.6 Å². The van der Waals surface area contributed by atoms with Crippen molar-refractivity contribution in [2.24, 2.45) is 0 Å². The van der Waals surface area contributed by atoms with Gasteiger partial charge in [0.2, 0.25) is 15.9 Å². The van der Waals surface area contributed by atoms with Crippen molar-refractivity contribution >= 4 is 27.5 Å². The van der Waals surface area contributed by atoms with Gasteiger partial charge in [0, 0.05) is 37.1 Å². The Balaban J connectivity index is 2.02. The summed E-state index contributed by atoms with van der Waals surface area (Å²) in [6.45, 7) is 3.28. The lowest BCUT2D eigenvalue weighted by molar-refractivity contribution is -0.129. The molecule has 26 heavy (non-hydrogen) atoms. The van der Waals surface area contributed by atoms with Gasteiger partial charge >= 0.3 is 0 Å². The van der Waals surface area contributed by atoms with Crippen LogP contribution in [0.1, 0.15) is 18.1 Å². The predicted octanol–water partition coefficient (Wildman–Crippen LogP) is 3.11. The number of sulfonamides is 1. The van der Waals surface area contributed by atoms with Crippen molar-refractivity contribution in [1.29, 1.82) is 0 Å². The van der Waals surface area contributed by atoms with E-state index in [1.54, 1.807) is 25.1 Å². The number of amides is 1. The summed E-state index contributed by atoms with van der Waals surface area (Å²) in [7, 11) is -3.72. The molecule has 0 aliphatic heterocycles. The van der Waals surface area contributed by atoms with Gasteiger partial charge in [-0.05, 0) is 36.8 Å². The molecule has 5 nitrogen and oxygen atoms in total. The van der Waals surface area contributed by atoms with Crippen LogP contribution in [-0.4, -0.2) is 32.3 Å². The molecule has 0 fully saturated rings. The Labute approximate surface area is 157 Å². The van der Waals surface area contributed by atoms with Crippen LogP contribution in [-0.2, 0) is 21.4 Å². The molecule has 0 aliphatic rings. The van der Waals surface area contributed by atoms with E-state index >= 15 is 0 Å². The molecule has 0 aliphatic carbocycles. The van der Waals surface area contributed by atoms with Crippen molar-refractivity contribution in [3.05, 3.63) is 64.4 Å². The lowest BCUT2D eigenvalue weighted by Crippen LogP contribution is -2.37. The largest absolute Gasteiger partial charge is 0.337 e. The zero-order chi connectivity index (χ0) is 19.3. The van der Waals surface area contributed by atoms with Gasteiger partial charge in [0.1, 0.15) is 5.82 Å². The highest BCUT2D eigenvalue weighted by Crippen LogP contribution is 2.19. The molecule has 0 spiro atoms. The Hall–Kier alpha value is -1.96. The van der Waals surface area contributed by atoms with Crippen LogP contribution < -0.4 is 4.72 Å². The maximum absolute atomic E-state index is 13.8. The maximum atomic E-state index is 13.8. The smallest absolute Gasteiger partial charge is 0.240 e. The summed E-state index contributed by atoms with van der Waals surface area (Å²) in [6, 6.07) is 10.6. The molecule has 0 radical (unpaired) electrons. The van der Waals surface area contributed by atoms with Crippen LogP contribution in [0.3, 0.4) is 0 Å². The average molecular weight is 399 g/mol. The van der Waals surface area contributed by atoms with Gasteiger partial charge in [0.15, 0.2) is 0 Å². The second-order valence-corrected chi connectivity index (χ2v) is 8.01. The van der Waals surface area contributed by atoms with E-state index in [1.807, 2.05) is 0 Å². The van der Waals surface area contributed by atoms with Gasteiger partial charge in [0.05, 0.1) is 4.90 Å². The Morgan fingerprint density at radius 1 is 1.23 bits per heavy atom. The first-order valence-electron chi connectivity index (χ1n) is 7.95. The lowest BCUT2D eigenvalue weighted by atomic mass is 10.2. The normalized spacial score (nSPS) is 11.4. The van der Waals surface area contributed by atoms with Gasteiger partial charge < -0.3 is 4.90 Å². The fourth-order valence-electron chi connectivity index (χ4n) is 2.36.